The van der Waals surface area contributed by atoms with Crippen LogP contribution in [0.4, 0.5) is 0 Å². The third kappa shape index (κ3) is 3.74. The summed E-state index contributed by atoms with van der Waals surface area (Å²) in [7, 11) is 0. The van der Waals surface area contributed by atoms with Gasteiger partial charge in [-0.05, 0) is 18.4 Å². The number of nitrogens with zero attached hydrogens (tertiary/aromatic N) is 3. The lowest BCUT2D eigenvalue weighted by atomic mass is 10.2. The Kier molecular flexibility index (Phi) is 4.84. The van der Waals surface area contributed by atoms with Gasteiger partial charge in [-0.15, -0.1) is 0 Å². The normalized spacial score (nSPS) is 18.1. The van der Waals surface area contributed by atoms with E-state index in [4.69, 9.17) is 10.3 Å². The van der Waals surface area contributed by atoms with Gasteiger partial charge in [0.2, 0.25) is 0 Å². The molecule has 2 rings (SSSR count). The highest BCUT2D eigenvalue weighted by molar-refractivity contribution is 6.23. The number of amides is 1. The first kappa shape index (κ1) is 13.5. The molecule has 1 heterocycles. The Morgan fingerprint density at radius 3 is 3.00 bits per heavy atom. The Morgan fingerprint density at radius 1 is 1.47 bits per heavy atom. The summed E-state index contributed by atoms with van der Waals surface area (Å²) in [6, 6.07) is 10.0. The molecule has 0 saturated carbocycles. The predicted octanol–water partition coefficient (Wildman–Crippen LogP) is 1.49. The van der Waals surface area contributed by atoms with E-state index < -0.39 is 0 Å². The maximum absolute atomic E-state index is 11.6. The molecule has 0 unspecified atom stereocenters. The highest BCUT2D eigenvalue weighted by atomic mass is 16.5. The fourth-order valence-electron chi connectivity index (χ4n) is 2.31. The summed E-state index contributed by atoms with van der Waals surface area (Å²) in [5, 5.41) is 0. The summed E-state index contributed by atoms with van der Waals surface area (Å²) in [4.78, 5) is 16.1. The number of hydrogen-bond acceptors (Lipinski definition) is 2. The van der Waals surface area contributed by atoms with Crippen molar-refractivity contribution in [3.63, 3.8) is 0 Å². The second-order valence-corrected chi connectivity index (χ2v) is 4.57. The molecular formula is C14H17N3O2. The van der Waals surface area contributed by atoms with Gasteiger partial charge in [-0.25, -0.2) is 0 Å². The highest BCUT2D eigenvalue weighted by Gasteiger charge is 2.29. The highest BCUT2D eigenvalue weighted by Crippen LogP contribution is 2.17. The lowest BCUT2D eigenvalue weighted by molar-refractivity contribution is -0.129. The molecule has 1 atom stereocenters. The van der Waals surface area contributed by atoms with Gasteiger partial charge in [0.15, 0.2) is 0 Å². The first-order chi connectivity index (χ1) is 9.31. The molecule has 5 nitrogen and oxygen atoms in total. The molecule has 19 heavy (non-hydrogen) atoms. The summed E-state index contributed by atoms with van der Waals surface area (Å²) in [6.07, 6.45) is 2.83. The van der Waals surface area contributed by atoms with Crippen molar-refractivity contribution in [3.05, 3.63) is 41.4 Å². The molecule has 0 aliphatic carbocycles. The SMILES string of the molecule is [N-]=[N+]=CC(=O)N1CCC[C@H]1COCc1ccccc1. The van der Waals surface area contributed by atoms with Crippen LogP contribution in [-0.2, 0) is 16.1 Å². The average molecular weight is 259 g/mol. The maximum atomic E-state index is 11.6. The number of ether oxygens (including phenoxy) is 1. The summed E-state index contributed by atoms with van der Waals surface area (Å²) in [5.74, 6) is -0.256. The van der Waals surface area contributed by atoms with Crippen molar-refractivity contribution in [2.75, 3.05) is 13.2 Å². The first-order valence-electron chi connectivity index (χ1n) is 6.41. The van der Waals surface area contributed by atoms with E-state index in [0.717, 1.165) is 24.6 Å². The maximum Gasteiger partial charge on any atom is 0.344 e. The zero-order valence-corrected chi connectivity index (χ0v) is 10.7. The second kappa shape index (κ2) is 6.83. The van der Waals surface area contributed by atoms with E-state index in [-0.39, 0.29) is 11.9 Å². The molecule has 100 valence electrons. The molecule has 1 aromatic carbocycles. The average Bonchev–Trinajstić information content (AvgIpc) is 2.89. The van der Waals surface area contributed by atoms with Crippen LogP contribution in [0.5, 0.6) is 0 Å². The van der Waals surface area contributed by atoms with Gasteiger partial charge in [-0.1, -0.05) is 30.3 Å². The molecule has 0 radical (unpaired) electrons. The largest absolute Gasteiger partial charge is 0.375 e. The van der Waals surface area contributed by atoms with Crippen LogP contribution in [0, 0.1) is 0 Å². The molecular weight excluding hydrogens is 242 g/mol. The zero-order valence-electron chi connectivity index (χ0n) is 10.7. The fourth-order valence-corrected chi connectivity index (χ4v) is 2.31. The molecule has 1 aromatic rings. The van der Waals surface area contributed by atoms with E-state index in [1.165, 1.54) is 0 Å². The predicted molar refractivity (Wildman–Crippen MR) is 70.5 cm³/mol. The van der Waals surface area contributed by atoms with Crippen molar-refractivity contribution in [3.8, 4) is 0 Å². The van der Waals surface area contributed by atoms with Crippen LogP contribution in [0.3, 0.4) is 0 Å². The lowest BCUT2D eigenvalue weighted by Crippen LogP contribution is -2.39. The standard InChI is InChI=1S/C14H17N3O2/c15-16-9-14(18)17-8-4-7-13(17)11-19-10-12-5-2-1-3-6-12/h1-3,5-6,9,13H,4,7-8,10-11H2/t13-/m0/s1. The van der Waals surface area contributed by atoms with Gasteiger partial charge < -0.3 is 15.2 Å². The Morgan fingerprint density at radius 2 is 2.26 bits per heavy atom. The van der Waals surface area contributed by atoms with Gasteiger partial charge in [0.25, 0.3) is 0 Å². The topological polar surface area (TPSA) is 65.9 Å². The summed E-state index contributed by atoms with van der Waals surface area (Å²) < 4.78 is 5.66. The van der Waals surface area contributed by atoms with Crippen LogP contribution in [-0.4, -0.2) is 41.0 Å². The first-order valence-corrected chi connectivity index (χ1v) is 6.41. The van der Waals surface area contributed by atoms with E-state index in [1.54, 1.807) is 4.90 Å². The van der Waals surface area contributed by atoms with Crippen molar-refractivity contribution in [1.29, 1.82) is 0 Å². The van der Waals surface area contributed by atoms with Crippen LogP contribution in [0.1, 0.15) is 18.4 Å². The summed E-state index contributed by atoms with van der Waals surface area (Å²) in [6.45, 7) is 1.76. The van der Waals surface area contributed by atoms with Gasteiger partial charge in [0.1, 0.15) is 0 Å². The molecule has 1 aliphatic rings. The van der Waals surface area contributed by atoms with E-state index >= 15 is 0 Å². The van der Waals surface area contributed by atoms with Crippen molar-refractivity contribution in [2.45, 2.75) is 25.5 Å². The van der Waals surface area contributed by atoms with Gasteiger partial charge >= 0.3 is 12.1 Å². The molecule has 0 aromatic heterocycles. The molecule has 1 saturated heterocycles. The van der Waals surface area contributed by atoms with Crippen LogP contribution in [0.2, 0.25) is 0 Å². The van der Waals surface area contributed by atoms with E-state index in [9.17, 15) is 4.79 Å². The molecule has 1 aliphatic heterocycles. The number of benzene rings is 1. The third-order valence-electron chi connectivity index (χ3n) is 3.25. The number of carbonyl (C=O) groups excluding carboxylic acids is 1. The third-order valence-corrected chi connectivity index (χ3v) is 3.25. The Labute approximate surface area is 112 Å². The lowest BCUT2D eigenvalue weighted by Gasteiger charge is -2.21. The van der Waals surface area contributed by atoms with Gasteiger partial charge in [-0.2, -0.15) is 4.79 Å². The quantitative estimate of drug-likeness (QED) is 0.457. The van der Waals surface area contributed by atoms with Crippen molar-refractivity contribution in [2.24, 2.45) is 0 Å². The van der Waals surface area contributed by atoms with Crippen LogP contribution < -0.4 is 0 Å². The van der Waals surface area contributed by atoms with Crippen LogP contribution >= 0.6 is 0 Å². The minimum absolute atomic E-state index is 0.0780. The van der Waals surface area contributed by atoms with Crippen molar-refractivity contribution < 1.29 is 14.3 Å². The molecule has 0 N–H and O–H groups in total. The van der Waals surface area contributed by atoms with Crippen LogP contribution in [0.25, 0.3) is 5.53 Å². The monoisotopic (exact) mass is 259 g/mol. The number of carbonyl (C=O) groups is 1. The number of likely N-dealkylation sites (tertiary alicyclic amines) is 1. The Balaban J connectivity index is 1.82. The van der Waals surface area contributed by atoms with Gasteiger partial charge in [-0.3, -0.25) is 4.79 Å². The van der Waals surface area contributed by atoms with Gasteiger partial charge in [0, 0.05) is 6.54 Å². The zero-order chi connectivity index (χ0) is 13.5. The minimum Gasteiger partial charge on any atom is -0.375 e. The molecule has 0 bridgehead atoms. The van der Waals surface area contributed by atoms with Crippen molar-refractivity contribution in [1.82, 2.24) is 4.90 Å². The summed E-state index contributed by atoms with van der Waals surface area (Å²) >= 11 is 0. The molecule has 5 heteroatoms. The van der Waals surface area contributed by atoms with E-state index in [2.05, 4.69) is 4.79 Å². The second-order valence-electron chi connectivity index (χ2n) is 4.57. The number of rotatable bonds is 5. The van der Waals surface area contributed by atoms with E-state index in [1.807, 2.05) is 30.3 Å². The minimum atomic E-state index is -0.256. The summed E-state index contributed by atoms with van der Waals surface area (Å²) in [5.41, 5.74) is 9.52. The molecule has 1 amide bonds. The molecule has 1 fully saturated rings. The van der Waals surface area contributed by atoms with Crippen LogP contribution in [0.15, 0.2) is 30.3 Å². The number of hydrogen-bond donors (Lipinski definition) is 0. The fraction of sp³-hybridized carbons (Fsp3) is 0.429. The van der Waals surface area contributed by atoms with Crippen molar-refractivity contribution >= 4 is 12.1 Å². The smallest absolute Gasteiger partial charge is 0.344 e. The van der Waals surface area contributed by atoms with E-state index in [0.29, 0.717) is 19.8 Å². The molecule has 0 spiro atoms. The Hall–Kier alpha value is -1.97. The Bertz CT molecular complexity index is 469. The van der Waals surface area contributed by atoms with Gasteiger partial charge in [0.05, 0.1) is 19.3 Å².